The highest BCUT2D eigenvalue weighted by Gasteiger charge is 2.25. The minimum Gasteiger partial charge on any atom is -0.330 e. The van der Waals surface area contributed by atoms with Crippen LogP contribution in [0.3, 0.4) is 0 Å². The molecule has 6 heteroatoms. The molecule has 1 heterocycles. The smallest absolute Gasteiger partial charge is 0.229 e. The number of carbonyl (C=O) groups is 1. The lowest BCUT2D eigenvalue weighted by atomic mass is 9.82. The Kier molecular flexibility index (Phi) is 6.05. The van der Waals surface area contributed by atoms with Crippen molar-refractivity contribution in [1.82, 2.24) is 4.98 Å². The molecule has 0 aromatic carbocycles. The van der Waals surface area contributed by atoms with E-state index in [0.717, 1.165) is 37.9 Å². The van der Waals surface area contributed by atoms with Crippen LogP contribution in [0.5, 0.6) is 0 Å². The molecule has 0 aliphatic heterocycles. The molecule has 1 saturated carbocycles. The van der Waals surface area contributed by atoms with E-state index in [1.807, 2.05) is 12.3 Å². The molecule has 0 unspecified atom stereocenters. The van der Waals surface area contributed by atoms with Gasteiger partial charge in [0.1, 0.15) is 0 Å². The first kappa shape index (κ1) is 15.4. The maximum absolute atomic E-state index is 12.0. The van der Waals surface area contributed by atoms with Gasteiger partial charge in [-0.15, -0.1) is 23.7 Å². The fourth-order valence-electron chi connectivity index (χ4n) is 2.28. The number of halogens is 1. The number of rotatable bonds is 3. The normalized spacial score (nSPS) is 23.2. The third-order valence-electron chi connectivity index (χ3n) is 3.40. The Balaban J connectivity index is 0.00000162. The van der Waals surface area contributed by atoms with Gasteiger partial charge >= 0.3 is 0 Å². The van der Waals surface area contributed by atoms with Crippen LogP contribution in [0.4, 0.5) is 5.13 Å². The van der Waals surface area contributed by atoms with Gasteiger partial charge in [-0.1, -0.05) is 0 Å². The van der Waals surface area contributed by atoms with Gasteiger partial charge in [0.25, 0.3) is 0 Å². The largest absolute Gasteiger partial charge is 0.330 e. The zero-order chi connectivity index (χ0) is 12.3. The fraction of sp³-hybridized carbons (Fsp3) is 0.667. The third-order valence-corrected chi connectivity index (χ3v) is 4.28. The summed E-state index contributed by atoms with van der Waals surface area (Å²) in [5.41, 5.74) is 6.60. The van der Waals surface area contributed by atoms with Gasteiger partial charge in [-0.3, -0.25) is 4.79 Å². The van der Waals surface area contributed by atoms with Crippen molar-refractivity contribution in [3.05, 3.63) is 11.1 Å². The van der Waals surface area contributed by atoms with Crippen LogP contribution < -0.4 is 11.1 Å². The maximum Gasteiger partial charge on any atom is 0.229 e. The predicted octanol–water partition coefficient (Wildman–Crippen LogP) is 2.58. The lowest BCUT2D eigenvalue weighted by Gasteiger charge is -2.26. The van der Waals surface area contributed by atoms with Crippen LogP contribution in [-0.2, 0) is 4.79 Å². The van der Waals surface area contributed by atoms with Gasteiger partial charge in [0.15, 0.2) is 5.13 Å². The Morgan fingerprint density at radius 1 is 1.50 bits per heavy atom. The molecule has 3 N–H and O–H groups in total. The minimum absolute atomic E-state index is 0. The van der Waals surface area contributed by atoms with E-state index >= 15 is 0 Å². The summed E-state index contributed by atoms with van der Waals surface area (Å²) in [4.78, 5) is 16.2. The van der Waals surface area contributed by atoms with Crippen LogP contribution in [0.2, 0.25) is 0 Å². The van der Waals surface area contributed by atoms with Crippen LogP contribution in [0.15, 0.2) is 5.38 Å². The van der Waals surface area contributed by atoms with E-state index in [1.165, 1.54) is 11.3 Å². The van der Waals surface area contributed by atoms with Crippen molar-refractivity contribution in [3.8, 4) is 0 Å². The molecular weight excluding hydrogens is 270 g/mol. The van der Waals surface area contributed by atoms with Gasteiger partial charge in [-0.25, -0.2) is 4.98 Å². The molecule has 1 aromatic heterocycles. The number of carbonyl (C=O) groups excluding carboxylic acids is 1. The first-order valence-electron chi connectivity index (χ1n) is 6.12. The first-order valence-corrected chi connectivity index (χ1v) is 7.00. The van der Waals surface area contributed by atoms with Gasteiger partial charge < -0.3 is 11.1 Å². The van der Waals surface area contributed by atoms with Crippen LogP contribution in [-0.4, -0.2) is 17.4 Å². The molecule has 2 rings (SSSR count). The van der Waals surface area contributed by atoms with Crippen molar-refractivity contribution < 1.29 is 4.79 Å². The Hall–Kier alpha value is -0.650. The zero-order valence-corrected chi connectivity index (χ0v) is 12.1. The Bertz CT molecular complexity index is 388. The molecule has 18 heavy (non-hydrogen) atoms. The molecule has 4 nitrogen and oxygen atoms in total. The standard InChI is InChI=1S/C12H19N3OS.ClH/c1-8-7-17-12(14-8)15-11(16)10-4-2-9(6-13)3-5-10;/h7,9-10H,2-6,13H2,1H3,(H,14,15,16);1H. The van der Waals surface area contributed by atoms with E-state index in [0.29, 0.717) is 11.0 Å². The summed E-state index contributed by atoms with van der Waals surface area (Å²) in [6, 6.07) is 0. The highest BCUT2D eigenvalue weighted by atomic mass is 35.5. The van der Waals surface area contributed by atoms with E-state index < -0.39 is 0 Å². The van der Waals surface area contributed by atoms with Crippen molar-refractivity contribution in [2.24, 2.45) is 17.6 Å². The van der Waals surface area contributed by atoms with E-state index in [1.54, 1.807) is 0 Å². The summed E-state index contributed by atoms with van der Waals surface area (Å²) in [5.74, 6) is 0.873. The number of hydrogen-bond acceptors (Lipinski definition) is 4. The van der Waals surface area contributed by atoms with Gasteiger partial charge in [0.05, 0.1) is 5.69 Å². The Labute approximate surface area is 118 Å². The summed E-state index contributed by atoms with van der Waals surface area (Å²) in [6.45, 7) is 2.68. The lowest BCUT2D eigenvalue weighted by molar-refractivity contribution is -0.121. The molecule has 0 spiro atoms. The molecule has 0 radical (unpaired) electrons. The summed E-state index contributed by atoms with van der Waals surface area (Å²) < 4.78 is 0. The highest BCUT2D eigenvalue weighted by Crippen LogP contribution is 2.29. The van der Waals surface area contributed by atoms with E-state index in [9.17, 15) is 4.79 Å². The van der Waals surface area contributed by atoms with Crippen LogP contribution in [0.25, 0.3) is 0 Å². The second kappa shape index (κ2) is 7.07. The average molecular weight is 290 g/mol. The van der Waals surface area contributed by atoms with Crippen molar-refractivity contribution in [2.45, 2.75) is 32.6 Å². The minimum atomic E-state index is 0. The summed E-state index contributed by atoms with van der Waals surface area (Å²) in [7, 11) is 0. The van der Waals surface area contributed by atoms with Crippen LogP contribution in [0, 0.1) is 18.8 Å². The molecule has 0 saturated heterocycles. The van der Waals surface area contributed by atoms with Crippen molar-refractivity contribution in [2.75, 3.05) is 11.9 Å². The van der Waals surface area contributed by atoms with Gasteiger partial charge in [0.2, 0.25) is 5.91 Å². The fourth-order valence-corrected chi connectivity index (χ4v) is 2.97. The molecule has 1 aliphatic carbocycles. The van der Waals surface area contributed by atoms with Crippen LogP contribution in [0.1, 0.15) is 31.4 Å². The molecule has 1 fully saturated rings. The highest BCUT2D eigenvalue weighted by molar-refractivity contribution is 7.13. The number of thiazole rings is 1. The van der Waals surface area contributed by atoms with Crippen molar-refractivity contribution >= 4 is 34.8 Å². The molecular formula is C12H20ClN3OS. The first-order chi connectivity index (χ1) is 8.19. The quantitative estimate of drug-likeness (QED) is 0.899. The number of hydrogen-bond donors (Lipinski definition) is 2. The Morgan fingerprint density at radius 2 is 2.17 bits per heavy atom. The van der Waals surface area contributed by atoms with Crippen LogP contribution >= 0.6 is 23.7 Å². The summed E-state index contributed by atoms with van der Waals surface area (Å²) in [6.07, 6.45) is 4.06. The van der Waals surface area contributed by atoms with Gasteiger partial charge in [-0.2, -0.15) is 0 Å². The number of nitrogens with two attached hydrogens (primary N) is 1. The molecule has 1 aliphatic rings. The molecule has 102 valence electrons. The number of anilines is 1. The zero-order valence-electron chi connectivity index (χ0n) is 10.5. The summed E-state index contributed by atoms with van der Waals surface area (Å²) in [5, 5.41) is 5.56. The van der Waals surface area contributed by atoms with Gasteiger partial charge in [-0.05, 0) is 45.1 Å². The second-order valence-corrected chi connectivity index (χ2v) is 5.59. The molecule has 0 bridgehead atoms. The predicted molar refractivity (Wildman–Crippen MR) is 77.2 cm³/mol. The lowest BCUT2D eigenvalue weighted by Crippen LogP contribution is -2.29. The monoisotopic (exact) mass is 289 g/mol. The number of aromatic nitrogens is 1. The van der Waals surface area contributed by atoms with Crippen molar-refractivity contribution in [1.29, 1.82) is 0 Å². The molecule has 1 amide bonds. The second-order valence-electron chi connectivity index (χ2n) is 4.74. The number of aryl methyl sites for hydroxylation is 1. The Morgan fingerprint density at radius 3 is 2.67 bits per heavy atom. The topological polar surface area (TPSA) is 68.0 Å². The summed E-state index contributed by atoms with van der Waals surface area (Å²) >= 11 is 1.48. The maximum atomic E-state index is 12.0. The number of nitrogens with one attached hydrogen (secondary N) is 1. The van der Waals surface area contributed by atoms with E-state index in [-0.39, 0.29) is 24.2 Å². The number of nitrogens with zero attached hydrogens (tertiary/aromatic N) is 1. The van der Waals surface area contributed by atoms with E-state index in [2.05, 4.69) is 10.3 Å². The van der Waals surface area contributed by atoms with E-state index in [4.69, 9.17) is 5.73 Å². The average Bonchev–Trinajstić information content (AvgIpc) is 2.75. The molecule has 0 atom stereocenters. The third kappa shape index (κ3) is 3.93. The number of amides is 1. The van der Waals surface area contributed by atoms with Gasteiger partial charge in [0, 0.05) is 11.3 Å². The van der Waals surface area contributed by atoms with Crippen molar-refractivity contribution in [3.63, 3.8) is 0 Å². The molecule has 1 aromatic rings. The SMILES string of the molecule is Cc1csc(NC(=O)C2CCC(CN)CC2)n1.Cl.